The van der Waals surface area contributed by atoms with E-state index in [0.717, 1.165) is 19.6 Å². The van der Waals surface area contributed by atoms with E-state index < -0.39 is 0 Å². The molecule has 1 aromatic heterocycles. The van der Waals surface area contributed by atoms with E-state index >= 15 is 0 Å². The summed E-state index contributed by atoms with van der Waals surface area (Å²) in [6.07, 6.45) is 1.42. The van der Waals surface area contributed by atoms with Crippen molar-refractivity contribution in [2.75, 3.05) is 26.2 Å². The molecule has 0 bridgehead atoms. The Morgan fingerprint density at radius 2 is 2.22 bits per heavy atom. The Bertz CT molecular complexity index is 604. The van der Waals surface area contributed by atoms with Crippen LogP contribution in [0.3, 0.4) is 0 Å². The van der Waals surface area contributed by atoms with Crippen LogP contribution >= 0.6 is 0 Å². The maximum Gasteiger partial charge on any atom is 0.241 e. The van der Waals surface area contributed by atoms with E-state index in [1.165, 1.54) is 16.6 Å². The average Bonchev–Trinajstić information content (AvgIpc) is 3.07. The highest BCUT2D eigenvalue weighted by Gasteiger charge is 2.21. The zero-order chi connectivity index (χ0) is 15.9. The van der Waals surface area contributed by atoms with Gasteiger partial charge in [-0.1, -0.05) is 30.3 Å². The Morgan fingerprint density at radius 3 is 3.00 bits per heavy atom. The van der Waals surface area contributed by atoms with E-state index in [4.69, 9.17) is 4.74 Å². The van der Waals surface area contributed by atoms with Gasteiger partial charge in [0.1, 0.15) is 12.9 Å². The van der Waals surface area contributed by atoms with Crippen molar-refractivity contribution in [1.82, 2.24) is 30.4 Å². The zero-order valence-corrected chi connectivity index (χ0v) is 12.8. The van der Waals surface area contributed by atoms with Crippen LogP contribution in [-0.2, 0) is 22.6 Å². The molecule has 0 aliphatic carbocycles. The molecule has 8 nitrogen and oxygen atoms in total. The third-order valence-corrected chi connectivity index (χ3v) is 3.70. The second kappa shape index (κ2) is 7.80. The number of nitrogens with one attached hydrogen (secondary N) is 1. The summed E-state index contributed by atoms with van der Waals surface area (Å²) >= 11 is 0. The van der Waals surface area contributed by atoms with Crippen molar-refractivity contribution in [3.8, 4) is 0 Å². The van der Waals surface area contributed by atoms with Crippen LogP contribution in [0.2, 0.25) is 0 Å². The standard InChI is InChI=1S/C15H20N6O2/c22-15(11-21-12-17-18-19-21)16-8-14-10-20(6-7-23-14)9-13-4-2-1-3-5-13/h1-5,12,14H,6-11H2,(H,16,22). The second-order valence-electron chi connectivity index (χ2n) is 5.52. The molecule has 23 heavy (non-hydrogen) atoms. The van der Waals surface area contributed by atoms with E-state index in [1.807, 2.05) is 18.2 Å². The molecule has 1 aliphatic heterocycles. The minimum Gasteiger partial charge on any atom is -0.374 e. The first-order chi connectivity index (χ1) is 11.3. The molecule has 1 fully saturated rings. The molecule has 0 saturated carbocycles. The minimum atomic E-state index is -0.124. The molecule has 2 aromatic rings. The van der Waals surface area contributed by atoms with Gasteiger partial charge >= 0.3 is 0 Å². The van der Waals surface area contributed by atoms with Gasteiger partial charge in [0, 0.05) is 26.2 Å². The summed E-state index contributed by atoms with van der Waals surface area (Å²) in [4.78, 5) is 14.2. The van der Waals surface area contributed by atoms with Crippen molar-refractivity contribution in [2.24, 2.45) is 0 Å². The largest absolute Gasteiger partial charge is 0.374 e. The zero-order valence-electron chi connectivity index (χ0n) is 12.8. The third kappa shape index (κ3) is 4.83. The Kier molecular flexibility index (Phi) is 5.28. The lowest BCUT2D eigenvalue weighted by Crippen LogP contribution is -2.47. The van der Waals surface area contributed by atoms with Crippen molar-refractivity contribution in [2.45, 2.75) is 19.2 Å². The minimum absolute atomic E-state index is 0.00489. The first-order valence-electron chi connectivity index (χ1n) is 7.65. The number of benzene rings is 1. The van der Waals surface area contributed by atoms with Crippen molar-refractivity contribution in [3.05, 3.63) is 42.2 Å². The van der Waals surface area contributed by atoms with Crippen LogP contribution < -0.4 is 5.32 Å². The molecule has 1 unspecified atom stereocenters. The Morgan fingerprint density at radius 1 is 1.35 bits per heavy atom. The van der Waals surface area contributed by atoms with Gasteiger partial charge in [-0.25, -0.2) is 4.68 Å². The van der Waals surface area contributed by atoms with Gasteiger partial charge in [-0.3, -0.25) is 9.69 Å². The van der Waals surface area contributed by atoms with Gasteiger partial charge in [0.2, 0.25) is 5.91 Å². The number of carbonyl (C=O) groups is 1. The maximum atomic E-state index is 11.8. The molecular weight excluding hydrogens is 296 g/mol. The summed E-state index contributed by atoms with van der Waals surface area (Å²) in [6, 6.07) is 10.4. The van der Waals surface area contributed by atoms with E-state index in [2.05, 4.69) is 37.9 Å². The highest BCUT2D eigenvalue weighted by molar-refractivity contribution is 5.75. The number of aromatic nitrogens is 4. The van der Waals surface area contributed by atoms with Crippen molar-refractivity contribution < 1.29 is 9.53 Å². The van der Waals surface area contributed by atoms with Gasteiger partial charge in [-0.2, -0.15) is 0 Å². The number of hydrogen-bond acceptors (Lipinski definition) is 6. The number of tetrazole rings is 1. The average molecular weight is 316 g/mol. The number of morpholine rings is 1. The summed E-state index contributed by atoms with van der Waals surface area (Å²) in [6.45, 7) is 3.91. The second-order valence-corrected chi connectivity index (χ2v) is 5.52. The fourth-order valence-corrected chi connectivity index (χ4v) is 2.57. The fourth-order valence-electron chi connectivity index (χ4n) is 2.57. The highest BCUT2D eigenvalue weighted by Crippen LogP contribution is 2.10. The van der Waals surface area contributed by atoms with Crippen LogP contribution in [0.25, 0.3) is 0 Å². The van der Waals surface area contributed by atoms with E-state index in [1.54, 1.807) is 0 Å². The maximum absolute atomic E-state index is 11.8. The van der Waals surface area contributed by atoms with Crippen LogP contribution in [0, 0.1) is 0 Å². The molecule has 1 amide bonds. The first kappa shape index (κ1) is 15.6. The van der Waals surface area contributed by atoms with Crippen LogP contribution in [0.5, 0.6) is 0 Å². The van der Waals surface area contributed by atoms with Crippen molar-refractivity contribution in [3.63, 3.8) is 0 Å². The number of ether oxygens (including phenoxy) is 1. The lowest BCUT2D eigenvalue weighted by atomic mass is 10.2. The molecule has 8 heteroatoms. The van der Waals surface area contributed by atoms with Gasteiger partial charge in [0.05, 0.1) is 12.7 Å². The van der Waals surface area contributed by atoms with Gasteiger partial charge in [0.15, 0.2) is 0 Å². The van der Waals surface area contributed by atoms with Crippen LogP contribution in [0.1, 0.15) is 5.56 Å². The summed E-state index contributed by atoms with van der Waals surface area (Å²) in [5.74, 6) is -0.124. The van der Waals surface area contributed by atoms with Crippen molar-refractivity contribution in [1.29, 1.82) is 0 Å². The molecule has 1 N–H and O–H groups in total. The molecule has 3 rings (SSSR count). The molecule has 0 radical (unpaired) electrons. The normalized spacial score (nSPS) is 18.7. The summed E-state index contributed by atoms with van der Waals surface area (Å²) < 4.78 is 7.12. The molecule has 1 atom stereocenters. The van der Waals surface area contributed by atoms with Crippen LogP contribution in [0.15, 0.2) is 36.7 Å². The molecular formula is C15H20N6O2. The monoisotopic (exact) mass is 316 g/mol. The first-order valence-corrected chi connectivity index (χ1v) is 7.65. The lowest BCUT2D eigenvalue weighted by molar-refractivity contribution is -0.123. The summed E-state index contributed by atoms with van der Waals surface area (Å²) in [7, 11) is 0. The van der Waals surface area contributed by atoms with Crippen molar-refractivity contribution >= 4 is 5.91 Å². The van der Waals surface area contributed by atoms with Crippen LogP contribution in [0.4, 0.5) is 0 Å². The van der Waals surface area contributed by atoms with Gasteiger partial charge < -0.3 is 10.1 Å². The number of hydrogen-bond donors (Lipinski definition) is 1. The molecule has 122 valence electrons. The molecule has 1 saturated heterocycles. The number of carbonyl (C=O) groups excluding carboxylic acids is 1. The van der Waals surface area contributed by atoms with Gasteiger partial charge in [-0.05, 0) is 16.0 Å². The van der Waals surface area contributed by atoms with E-state index in [-0.39, 0.29) is 18.6 Å². The SMILES string of the molecule is O=C(Cn1cnnn1)NCC1CN(Cc2ccccc2)CCO1. The Balaban J connectivity index is 1.42. The number of rotatable bonds is 6. The molecule has 0 spiro atoms. The predicted molar refractivity (Wildman–Crippen MR) is 82.3 cm³/mol. The molecule has 1 aromatic carbocycles. The van der Waals surface area contributed by atoms with Gasteiger partial charge in [0.25, 0.3) is 0 Å². The topological polar surface area (TPSA) is 85.2 Å². The Labute approximate surface area is 134 Å². The highest BCUT2D eigenvalue weighted by atomic mass is 16.5. The fraction of sp³-hybridized carbons (Fsp3) is 0.467. The molecule has 1 aliphatic rings. The predicted octanol–water partition coefficient (Wildman–Crippen LogP) is -0.310. The smallest absolute Gasteiger partial charge is 0.241 e. The number of amides is 1. The third-order valence-electron chi connectivity index (χ3n) is 3.70. The number of nitrogens with zero attached hydrogens (tertiary/aromatic N) is 5. The lowest BCUT2D eigenvalue weighted by Gasteiger charge is -2.33. The quantitative estimate of drug-likeness (QED) is 0.787. The van der Waals surface area contributed by atoms with E-state index in [9.17, 15) is 4.79 Å². The summed E-state index contributed by atoms with van der Waals surface area (Å²) in [5, 5.41) is 13.5. The van der Waals surface area contributed by atoms with E-state index in [0.29, 0.717) is 13.2 Å². The van der Waals surface area contributed by atoms with Crippen LogP contribution in [-0.4, -0.2) is 63.4 Å². The Hall–Kier alpha value is -2.32. The molecule has 2 heterocycles. The van der Waals surface area contributed by atoms with Gasteiger partial charge in [-0.15, -0.1) is 5.10 Å². The summed E-state index contributed by atoms with van der Waals surface area (Å²) in [5.41, 5.74) is 1.29.